The number of nitrogens with zero attached hydrogens (tertiary/aromatic N) is 1. The highest BCUT2D eigenvalue weighted by molar-refractivity contribution is 5.87. The number of fused-ring (bicyclic) bond motifs is 2. The number of alkyl halides is 2. The van der Waals surface area contributed by atoms with E-state index in [2.05, 4.69) is 9.57 Å². The second-order valence-electron chi connectivity index (χ2n) is 11.6. The van der Waals surface area contributed by atoms with Crippen molar-refractivity contribution in [3.05, 3.63) is 33.4 Å². The largest absolute Gasteiger partial charge is 0.481 e. The van der Waals surface area contributed by atoms with Crippen LogP contribution in [0.1, 0.15) is 82.3 Å². The molecule has 46 heavy (non-hydrogen) atoms. The summed E-state index contributed by atoms with van der Waals surface area (Å²) in [7, 11) is 0. The van der Waals surface area contributed by atoms with E-state index >= 15 is 8.78 Å². The summed E-state index contributed by atoms with van der Waals surface area (Å²) in [6.45, 7) is 2.73. The summed E-state index contributed by atoms with van der Waals surface area (Å²) >= 11 is 0. The third-order valence-corrected chi connectivity index (χ3v) is 8.23. The average molecular weight is 658 g/mol. The Balaban J connectivity index is 2.05. The van der Waals surface area contributed by atoms with Crippen LogP contribution in [0.15, 0.2) is 12.1 Å². The predicted octanol–water partition coefficient (Wildman–Crippen LogP) is 3.57. The number of carbonyl (C=O) groups is 6. The third-order valence-electron chi connectivity index (χ3n) is 8.23. The van der Waals surface area contributed by atoms with E-state index in [-0.39, 0.29) is 49.1 Å². The highest BCUT2D eigenvalue weighted by Crippen LogP contribution is 2.64. The van der Waals surface area contributed by atoms with Gasteiger partial charge in [-0.25, -0.2) is 4.79 Å². The first kappa shape index (κ1) is 35.8. The van der Waals surface area contributed by atoms with Crippen LogP contribution in [0.25, 0.3) is 0 Å². The molecule has 17 heteroatoms. The number of unbranched alkanes of at least 4 members (excludes halogenated alkanes) is 1. The maximum atomic E-state index is 15.5. The Morgan fingerprint density at radius 2 is 1.48 bits per heavy atom. The molecule has 1 aromatic rings. The molecule has 3 aliphatic rings. The molecule has 0 unspecified atom stereocenters. The van der Waals surface area contributed by atoms with Crippen molar-refractivity contribution in [1.82, 2.24) is 0 Å². The molecular weight excluding hydrogens is 624 g/mol. The molecule has 252 valence electrons. The van der Waals surface area contributed by atoms with Crippen molar-refractivity contribution in [1.29, 1.82) is 0 Å². The van der Waals surface area contributed by atoms with Crippen molar-refractivity contribution >= 4 is 35.6 Å². The summed E-state index contributed by atoms with van der Waals surface area (Å²) in [5.41, 5.74) is -1.82. The fourth-order valence-corrected chi connectivity index (χ4v) is 5.79. The zero-order valence-electron chi connectivity index (χ0n) is 25.0. The summed E-state index contributed by atoms with van der Waals surface area (Å²) in [5, 5.41) is 27.1. The van der Waals surface area contributed by atoms with Gasteiger partial charge >= 0.3 is 35.8 Å². The van der Waals surface area contributed by atoms with Crippen LogP contribution in [0.3, 0.4) is 0 Å². The smallest absolute Gasteiger partial charge is 0.381 e. The fourth-order valence-electron chi connectivity index (χ4n) is 5.79. The van der Waals surface area contributed by atoms with Gasteiger partial charge in [0, 0.05) is 29.4 Å². The molecule has 0 aliphatic heterocycles. The summed E-state index contributed by atoms with van der Waals surface area (Å²) < 4.78 is 46.4. The number of esters is 3. The number of halogens is 2. The molecule has 15 nitrogen and oxygen atoms in total. The lowest BCUT2D eigenvalue weighted by molar-refractivity contribution is -0.757. The molecule has 3 atom stereocenters. The minimum Gasteiger partial charge on any atom is -0.481 e. The van der Waals surface area contributed by atoms with Crippen LogP contribution >= 0.6 is 0 Å². The number of aliphatic carboxylic acids is 2. The lowest BCUT2D eigenvalue weighted by Crippen LogP contribution is -2.56. The van der Waals surface area contributed by atoms with Gasteiger partial charge in [-0.1, -0.05) is 13.8 Å². The molecule has 0 amide bonds. The monoisotopic (exact) mass is 657 g/mol. The number of rotatable bonds is 17. The van der Waals surface area contributed by atoms with Gasteiger partial charge in [-0.15, -0.1) is 10.1 Å². The Kier molecular flexibility index (Phi) is 11.4. The van der Waals surface area contributed by atoms with Gasteiger partial charge in [0.2, 0.25) is 0 Å². The van der Waals surface area contributed by atoms with Gasteiger partial charge < -0.3 is 29.3 Å². The number of carboxylic acid groups (broad SMARTS) is 2. The fraction of sp³-hybridized carbons (Fsp3) is 0.586. The number of Topliss-reactive ketones (excluding diaryl/α,β-unsaturated/α-hetero) is 1. The summed E-state index contributed by atoms with van der Waals surface area (Å²) in [4.78, 5) is 87.1. The predicted molar refractivity (Wildman–Crippen MR) is 146 cm³/mol. The topological polar surface area (TPSA) is 223 Å². The summed E-state index contributed by atoms with van der Waals surface area (Å²) in [6.07, 6.45) is -2.47. The molecule has 0 radical (unpaired) electrons. The Morgan fingerprint density at radius 3 is 1.93 bits per heavy atom. The van der Waals surface area contributed by atoms with Gasteiger partial charge in [0.15, 0.2) is 0 Å². The van der Waals surface area contributed by atoms with Crippen molar-refractivity contribution in [2.45, 2.75) is 77.1 Å². The summed E-state index contributed by atoms with van der Waals surface area (Å²) in [5.74, 6) is -14.2. The van der Waals surface area contributed by atoms with Crippen LogP contribution in [-0.2, 0) is 44.3 Å². The molecular formula is C29H33F2NO14. The lowest BCUT2D eigenvalue weighted by atomic mass is 9.44. The van der Waals surface area contributed by atoms with Crippen molar-refractivity contribution in [2.75, 3.05) is 13.2 Å². The summed E-state index contributed by atoms with van der Waals surface area (Å²) in [6, 6.07) is 1.30. The van der Waals surface area contributed by atoms with E-state index in [9.17, 15) is 38.9 Å². The van der Waals surface area contributed by atoms with Crippen molar-refractivity contribution in [2.24, 2.45) is 17.3 Å². The third kappa shape index (κ3) is 8.51. The average Bonchev–Trinajstić information content (AvgIpc) is 2.95. The molecule has 3 saturated carbocycles. The van der Waals surface area contributed by atoms with Crippen molar-refractivity contribution in [3.8, 4) is 11.5 Å². The lowest BCUT2D eigenvalue weighted by Gasteiger charge is -2.59. The normalized spacial score (nSPS) is 19.7. The molecule has 3 aliphatic carbocycles. The van der Waals surface area contributed by atoms with Gasteiger partial charge in [-0.3, -0.25) is 24.0 Å². The SMILES string of the molecule is CC1(C)[C@@H]2C[C@H]1[C@@H](c1c(OC(=O)CCC(=O)O)cc(C(F)(F)C(=O)OCCCCO[N+](=O)[O-])cc1OC(=O)CCC(=O)O)CC2=O. The Labute approximate surface area is 260 Å². The van der Waals surface area contributed by atoms with Crippen molar-refractivity contribution in [3.63, 3.8) is 0 Å². The van der Waals surface area contributed by atoms with Gasteiger partial charge in [-0.2, -0.15) is 8.78 Å². The zero-order valence-corrected chi connectivity index (χ0v) is 25.0. The number of carboxylic acids is 2. The van der Waals surface area contributed by atoms with Crippen LogP contribution < -0.4 is 9.47 Å². The first-order valence-electron chi connectivity index (χ1n) is 14.3. The molecule has 0 heterocycles. The molecule has 4 rings (SSSR count). The van der Waals surface area contributed by atoms with E-state index in [4.69, 9.17) is 19.7 Å². The minimum atomic E-state index is -4.44. The van der Waals surface area contributed by atoms with E-state index in [0.29, 0.717) is 18.6 Å². The highest BCUT2D eigenvalue weighted by Gasteiger charge is 2.59. The molecule has 1 aromatic carbocycles. The number of benzene rings is 1. The van der Waals surface area contributed by atoms with Crippen LogP contribution in [0.5, 0.6) is 11.5 Å². The van der Waals surface area contributed by atoms with Crippen molar-refractivity contribution < 1.29 is 71.9 Å². The maximum Gasteiger partial charge on any atom is 0.381 e. The second kappa shape index (κ2) is 14.6. The second-order valence-corrected chi connectivity index (χ2v) is 11.6. The van der Waals surface area contributed by atoms with Crippen LogP contribution in [0.2, 0.25) is 0 Å². The maximum absolute atomic E-state index is 15.5. The number of ether oxygens (including phenoxy) is 3. The Hall–Kier alpha value is -4.70. The number of hydrogen-bond donors (Lipinski definition) is 2. The van der Waals surface area contributed by atoms with E-state index in [0.717, 1.165) is 0 Å². The molecule has 3 fully saturated rings. The molecule has 0 aromatic heterocycles. The van der Waals surface area contributed by atoms with Gasteiger partial charge in [0.05, 0.1) is 38.9 Å². The van der Waals surface area contributed by atoms with Crippen LogP contribution in [0, 0.1) is 27.4 Å². The number of carbonyl (C=O) groups excluding carboxylic acids is 4. The first-order valence-corrected chi connectivity index (χ1v) is 14.3. The molecule has 0 saturated heterocycles. The van der Waals surface area contributed by atoms with Gasteiger partial charge in [0.25, 0.3) is 5.09 Å². The van der Waals surface area contributed by atoms with E-state index < -0.39 is 102 Å². The Morgan fingerprint density at radius 1 is 0.957 bits per heavy atom. The van der Waals surface area contributed by atoms with Gasteiger partial charge in [-0.05, 0) is 42.7 Å². The highest BCUT2D eigenvalue weighted by atomic mass is 19.3. The first-order chi connectivity index (χ1) is 21.4. The zero-order chi connectivity index (χ0) is 34.4. The number of ketones is 1. The van der Waals surface area contributed by atoms with Crippen LogP contribution in [-0.4, -0.2) is 64.1 Å². The van der Waals surface area contributed by atoms with E-state index in [1.165, 1.54) is 0 Å². The Bertz CT molecular complexity index is 1350. The van der Waals surface area contributed by atoms with Gasteiger partial charge in [0.1, 0.15) is 17.3 Å². The van der Waals surface area contributed by atoms with E-state index in [1.807, 2.05) is 13.8 Å². The minimum absolute atomic E-state index is 0.000105. The molecule has 0 spiro atoms. The number of hydrogen-bond acceptors (Lipinski definition) is 12. The van der Waals surface area contributed by atoms with Crippen LogP contribution in [0.4, 0.5) is 8.78 Å². The molecule has 2 bridgehead atoms. The molecule has 2 N–H and O–H groups in total. The quantitative estimate of drug-likeness (QED) is 0.0804. The standard InChI is InChI=1S/C29H33F2NO14/c1-28(2)17-14-18(28)19(33)13-16(17)26-20(45-24(38)7-5-22(34)35)11-15(12-21(26)46-25(39)8-6-23(36)37)29(30,31)27(40)43-9-3-4-10-44-32(41)42/h11-12,16-18H,3-10,13-14H2,1-2H3,(H,34,35)(H,36,37)/t16-,17-,18+/m0/s1. The van der Waals surface area contributed by atoms with E-state index in [1.54, 1.807) is 0 Å².